The molecule has 4 aromatic rings. The van der Waals surface area contributed by atoms with Crippen LogP contribution in [0.15, 0.2) is 59.8 Å². The van der Waals surface area contributed by atoms with Gasteiger partial charge in [-0.25, -0.2) is 9.97 Å². The lowest BCUT2D eigenvalue weighted by atomic mass is 9.98. The van der Waals surface area contributed by atoms with Crippen LogP contribution in [-0.4, -0.2) is 57.9 Å². The molecule has 2 aromatic carbocycles. The molecule has 2 aromatic heterocycles. The maximum atomic E-state index is 13.1. The maximum absolute atomic E-state index is 13.1. The SMILES string of the molecule is COc1cccc(-c2ccc3c(=O)n(-c4ncc(NC5CCN(C)C5)cn4)ncc3c2)c1C. The zero-order valence-electron chi connectivity index (χ0n) is 18.9. The average Bonchev–Trinajstić information content (AvgIpc) is 3.24. The Morgan fingerprint density at radius 2 is 1.94 bits per heavy atom. The standard InChI is InChI=1S/C25H26N6O2/c1-16-21(5-4-6-23(16)33-3)17-7-8-22-18(11-17)12-28-31(24(22)32)25-26-13-20(14-27-25)29-19-9-10-30(2)15-19/h4-8,11-14,19,29H,9-10,15H2,1-3H3. The van der Waals surface area contributed by atoms with Crippen molar-refractivity contribution in [2.45, 2.75) is 19.4 Å². The van der Waals surface area contributed by atoms with Gasteiger partial charge in [0.25, 0.3) is 11.5 Å². The van der Waals surface area contributed by atoms with Crippen molar-refractivity contribution in [2.24, 2.45) is 0 Å². The molecule has 8 nitrogen and oxygen atoms in total. The van der Waals surface area contributed by atoms with E-state index in [1.807, 2.05) is 43.3 Å². The van der Waals surface area contributed by atoms with Gasteiger partial charge in [0, 0.05) is 18.0 Å². The van der Waals surface area contributed by atoms with Crippen molar-refractivity contribution >= 4 is 16.5 Å². The molecule has 1 N–H and O–H groups in total. The highest BCUT2D eigenvalue weighted by Crippen LogP contribution is 2.31. The van der Waals surface area contributed by atoms with Gasteiger partial charge >= 0.3 is 0 Å². The molecule has 1 fully saturated rings. The lowest BCUT2D eigenvalue weighted by Gasteiger charge is -2.14. The summed E-state index contributed by atoms with van der Waals surface area (Å²) < 4.78 is 6.68. The zero-order valence-corrected chi connectivity index (χ0v) is 18.9. The van der Waals surface area contributed by atoms with E-state index in [0.717, 1.165) is 53.0 Å². The van der Waals surface area contributed by atoms with Gasteiger partial charge in [0.15, 0.2) is 0 Å². The molecule has 1 saturated heterocycles. The van der Waals surface area contributed by atoms with E-state index in [1.54, 1.807) is 25.7 Å². The lowest BCUT2D eigenvalue weighted by Crippen LogP contribution is -2.25. The number of nitrogens with zero attached hydrogens (tertiary/aromatic N) is 5. The molecule has 5 rings (SSSR count). The number of rotatable bonds is 5. The summed E-state index contributed by atoms with van der Waals surface area (Å²) in [5.41, 5.74) is 3.69. The molecule has 0 radical (unpaired) electrons. The third-order valence-electron chi connectivity index (χ3n) is 6.19. The summed E-state index contributed by atoms with van der Waals surface area (Å²) in [5, 5.41) is 9.11. The van der Waals surface area contributed by atoms with E-state index in [9.17, 15) is 4.79 Å². The normalized spacial score (nSPS) is 16.3. The molecule has 168 valence electrons. The van der Waals surface area contributed by atoms with Crippen LogP contribution in [0.4, 0.5) is 5.69 Å². The number of aromatic nitrogens is 4. The van der Waals surface area contributed by atoms with Gasteiger partial charge in [0.1, 0.15) is 5.75 Å². The number of likely N-dealkylation sites (tertiary alicyclic amines) is 1. The van der Waals surface area contributed by atoms with Crippen LogP contribution in [0.3, 0.4) is 0 Å². The van der Waals surface area contributed by atoms with Gasteiger partial charge in [0.2, 0.25) is 0 Å². The molecule has 8 heteroatoms. The van der Waals surface area contributed by atoms with E-state index in [1.165, 1.54) is 4.68 Å². The molecular formula is C25H26N6O2. The van der Waals surface area contributed by atoms with Crippen LogP contribution < -0.4 is 15.6 Å². The number of ether oxygens (including phenoxy) is 1. The first kappa shape index (κ1) is 21.1. The van der Waals surface area contributed by atoms with Crippen LogP contribution >= 0.6 is 0 Å². The molecule has 1 atom stereocenters. The van der Waals surface area contributed by atoms with Crippen LogP contribution in [-0.2, 0) is 0 Å². The largest absolute Gasteiger partial charge is 0.496 e. The number of methoxy groups -OCH3 is 1. The van der Waals surface area contributed by atoms with Gasteiger partial charge in [-0.1, -0.05) is 18.2 Å². The summed E-state index contributed by atoms with van der Waals surface area (Å²) in [5.74, 6) is 1.08. The molecule has 33 heavy (non-hydrogen) atoms. The van der Waals surface area contributed by atoms with Gasteiger partial charge in [-0.2, -0.15) is 9.78 Å². The lowest BCUT2D eigenvalue weighted by molar-refractivity contribution is 0.412. The molecule has 1 aliphatic rings. The molecule has 1 unspecified atom stereocenters. The molecule has 1 aliphatic heterocycles. The molecule has 0 amide bonds. The smallest absolute Gasteiger partial charge is 0.282 e. The van der Waals surface area contributed by atoms with Crippen LogP contribution in [0.5, 0.6) is 5.75 Å². The second-order valence-electron chi connectivity index (χ2n) is 8.46. The van der Waals surface area contributed by atoms with Crippen LogP contribution in [0.2, 0.25) is 0 Å². The Labute approximate surface area is 191 Å². The van der Waals surface area contributed by atoms with E-state index in [0.29, 0.717) is 11.4 Å². The number of hydrogen-bond donors (Lipinski definition) is 1. The minimum atomic E-state index is -0.250. The quantitative estimate of drug-likeness (QED) is 0.508. The predicted octanol–water partition coefficient (Wildman–Crippen LogP) is 3.28. The highest BCUT2D eigenvalue weighted by atomic mass is 16.5. The minimum absolute atomic E-state index is 0.250. The highest BCUT2D eigenvalue weighted by Gasteiger charge is 2.19. The summed E-state index contributed by atoms with van der Waals surface area (Å²) >= 11 is 0. The van der Waals surface area contributed by atoms with E-state index in [2.05, 4.69) is 32.3 Å². The zero-order chi connectivity index (χ0) is 22.9. The predicted molar refractivity (Wildman–Crippen MR) is 129 cm³/mol. The van der Waals surface area contributed by atoms with Crippen molar-refractivity contribution in [3.8, 4) is 22.8 Å². The van der Waals surface area contributed by atoms with E-state index in [-0.39, 0.29) is 11.5 Å². The summed E-state index contributed by atoms with van der Waals surface area (Å²) in [4.78, 5) is 24.2. The Morgan fingerprint density at radius 1 is 1.12 bits per heavy atom. The van der Waals surface area contributed by atoms with Crippen molar-refractivity contribution in [1.82, 2.24) is 24.6 Å². The Balaban J connectivity index is 1.44. The van der Waals surface area contributed by atoms with Crippen LogP contribution in [0.1, 0.15) is 12.0 Å². The van der Waals surface area contributed by atoms with E-state index < -0.39 is 0 Å². The fourth-order valence-electron chi connectivity index (χ4n) is 4.40. The topological polar surface area (TPSA) is 85.2 Å². The van der Waals surface area contributed by atoms with Gasteiger partial charge in [-0.3, -0.25) is 4.79 Å². The first-order valence-electron chi connectivity index (χ1n) is 11.0. The van der Waals surface area contributed by atoms with Crippen molar-refractivity contribution in [3.63, 3.8) is 0 Å². The number of nitrogens with one attached hydrogen (secondary N) is 1. The number of likely N-dealkylation sites (N-methyl/N-ethyl adjacent to an activating group) is 1. The van der Waals surface area contributed by atoms with Gasteiger partial charge in [-0.05, 0) is 61.8 Å². The molecular weight excluding hydrogens is 416 g/mol. The van der Waals surface area contributed by atoms with Crippen LogP contribution in [0.25, 0.3) is 27.8 Å². The third-order valence-corrected chi connectivity index (χ3v) is 6.19. The number of fused-ring (bicyclic) bond motifs is 1. The summed E-state index contributed by atoms with van der Waals surface area (Å²) in [6, 6.07) is 12.1. The third kappa shape index (κ3) is 4.05. The second-order valence-corrected chi connectivity index (χ2v) is 8.46. The maximum Gasteiger partial charge on any atom is 0.282 e. The average molecular weight is 443 g/mol. The molecule has 0 aliphatic carbocycles. The Kier molecular flexibility index (Phi) is 5.51. The van der Waals surface area contributed by atoms with E-state index in [4.69, 9.17) is 4.74 Å². The Bertz CT molecular complexity index is 1370. The van der Waals surface area contributed by atoms with Gasteiger partial charge < -0.3 is 15.0 Å². The van der Waals surface area contributed by atoms with Crippen molar-refractivity contribution < 1.29 is 4.74 Å². The van der Waals surface area contributed by atoms with Gasteiger partial charge in [0.05, 0.1) is 36.8 Å². The van der Waals surface area contributed by atoms with Crippen LogP contribution in [0, 0.1) is 6.92 Å². The first-order valence-corrected chi connectivity index (χ1v) is 11.0. The highest BCUT2D eigenvalue weighted by molar-refractivity contribution is 5.87. The number of hydrogen-bond acceptors (Lipinski definition) is 7. The molecule has 0 bridgehead atoms. The first-order chi connectivity index (χ1) is 16.0. The summed E-state index contributed by atoms with van der Waals surface area (Å²) in [6.45, 7) is 4.09. The molecule has 3 heterocycles. The van der Waals surface area contributed by atoms with Crippen molar-refractivity contribution in [3.05, 3.63) is 70.9 Å². The Hall–Kier alpha value is -3.78. The monoisotopic (exact) mass is 442 g/mol. The minimum Gasteiger partial charge on any atom is -0.496 e. The fraction of sp³-hybridized carbons (Fsp3) is 0.280. The second kappa shape index (κ2) is 8.63. The summed E-state index contributed by atoms with van der Waals surface area (Å²) in [7, 11) is 3.77. The Morgan fingerprint density at radius 3 is 2.67 bits per heavy atom. The number of anilines is 1. The van der Waals surface area contributed by atoms with Crippen molar-refractivity contribution in [1.29, 1.82) is 0 Å². The number of benzene rings is 2. The van der Waals surface area contributed by atoms with Gasteiger partial charge in [-0.15, -0.1) is 0 Å². The van der Waals surface area contributed by atoms with Crippen molar-refractivity contribution in [2.75, 3.05) is 32.6 Å². The molecule has 0 saturated carbocycles. The summed E-state index contributed by atoms with van der Waals surface area (Å²) in [6.07, 6.45) is 6.17. The van der Waals surface area contributed by atoms with E-state index >= 15 is 0 Å². The molecule has 0 spiro atoms. The fourth-order valence-corrected chi connectivity index (χ4v) is 4.40.